The minimum absolute atomic E-state index is 0.270. The summed E-state index contributed by atoms with van der Waals surface area (Å²) in [5.74, 6) is 0. The van der Waals surface area contributed by atoms with Crippen LogP contribution in [0.2, 0.25) is 19.1 Å². The first kappa shape index (κ1) is 14.7. The second-order valence-corrected chi connectivity index (χ2v) is 10.1. The van der Waals surface area contributed by atoms with Crippen LogP contribution in [0.15, 0.2) is 11.5 Å². The molecule has 0 radical (unpaired) electrons. The molecule has 100 valence electrons. The standard InChI is InChI=1S/C12H24O4Si/c1-4-5-6-17(2,3)11-7-9(14)12(15)10(8-13)16-11/h7,9-10,12-15H,4-6,8H2,1-3H3/t9-,10-,12+/m1/s1. The quantitative estimate of drug-likeness (QED) is 0.646. The van der Waals surface area contributed by atoms with E-state index >= 15 is 0 Å². The largest absolute Gasteiger partial charge is 0.495 e. The van der Waals surface area contributed by atoms with Crippen LogP contribution in [-0.2, 0) is 4.74 Å². The van der Waals surface area contributed by atoms with Gasteiger partial charge in [-0.15, -0.1) is 0 Å². The van der Waals surface area contributed by atoms with Crippen LogP contribution in [0.1, 0.15) is 19.8 Å². The summed E-state index contributed by atoms with van der Waals surface area (Å²) in [6.45, 7) is 6.25. The highest BCUT2D eigenvalue weighted by atomic mass is 28.3. The van der Waals surface area contributed by atoms with Crippen LogP contribution in [0.5, 0.6) is 0 Å². The monoisotopic (exact) mass is 260 g/mol. The van der Waals surface area contributed by atoms with Crippen molar-refractivity contribution in [1.29, 1.82) is 0 Å². The molecule has 0 aromatic carbocycles. The number of rotatable bonds is 5. The second kappa shape index (κ2) is 6.00. The molecule has 0 aromatic heterocycles. The lowest BCUT2D eigenvalue weighted by atomic mass is 10.1. The Bertz CT molecular complexity index is 278. The topological polar surface area (TPSA) is 69.9 Å². The Morgan fingerprint density at radius 1 is 1.35 bits per heavy atom. The molecule has 0 unspecified atom stereocenters. The lowest BCUT2D eigenvalue weighted by Gasteiger charge is -2.36. The summed E-state index contributed by atoms with van der Waals surface area (Å²) in [6, 6.07) is 1.09. The van der Waals surface area contributed by atoms with Crippen molar-refractivity contribution in [2.24, 2.45) is 0 Å². The third kappa shape index (κ3) is 3.55. The zero-order valence-electron chi connectivity index (χ0n) is 10.9. The fraction of sp³-hybridized carbons (Fsp3) is 0.833. The van der Waals surface area contributed by atoms with Crippen LogP contribution in [0.25, 0.3) is 0 Å². The molecule has 1 aliphatic rings. The van der Waals surface area contributed by atoms with E-state index in [1.807, 2.05) is 0 Å². The van der Waals surface area contributed by atoms with E-state index in [9.17, 15) is 10.2 Å². The number of hydrogen-bond donors (Lipinski definition) is 3. The van der Waals surface area contributed by atoms with Gasteiger partial charge in [0.25, 0.3) is 0 Å². The van der Waals surface area contributed by atoms with Crippen LogP contribution in [0.4, 0.5) is 0 Å². The Morgan fingerprint density at radius 3 is 2.53 bits per heavy atom. The summed E-state index contributed by atoms with van der Waals surface area (Å²) >= 11 is 0. The molecule has 0 fully saturated rings. The van der Waals surface area contributed by atoms with Crippen molar-refractivity contribution in [1.82, 2.24) is 0 Å². The van der Waals surface area contributed by atoms with Gasteiger partial charge < -0.3 is 20.1 Å². The Labute approximate surface area is 104 Å². The first-order valence-electron chi connectivity index (χ1n) is 6.28. The van der Waals surface area contributed by atoms with Crippen molar-refractivity contribution in [2.45, 2.75) is 57.2 Å². The third-order valence-corrected chi connectivity index (χ3v) is 6.56. The number of ether oxygens (including phenoxy) is 1. The van der Waals surface area contributed by atoms with Crippen LogP contribution in [0, 0.1) is 0 Å². The molecule has 0 saturated heterocycles. The average Bonchev–Trinajstić information content (AvgIpc) is 2.29. The molecule has 0 spiro atoms. The van der Waals surface area contributed by atoms with Crippen LogP contribution in [-0.4, -0.2) is 48.3 Å². The predicted molar refractivity (Wildman–Crippen MR) is 69.3 cm³/mol. The number of hydrogen-bond acceptors (Lipinski definition) is 4. The molecule has 3 N–H and O–H groups in total. The molecule has 0 aromatic rings. The minimum Gasteiger partial charge on any atom is -0.495 e. The van der Waals surface area contributed by atoms with Gasteiger partial charge in [-0.25, -0.2) is 0 Å². The first-order chi connectivity index (χ1) is 7.92. The first-order valence-corrected chi connectivity index (χ1v) is 9.49. The maximum absolute atomic E-state index is 9.74. The molecular formula is C12H24O4Si. The average molecular weight is 260 g/mol. The molecule has 1 rings (SSSR count). The molecule has 0 bridgehead atoms. The van der Waals surface area contributed by atoms with Crippen molar-refractivity contribution in [3.63, 3.8) is 0 Å². The van der Waals surface area contributed by atoms with Crippen LogP contribution < -0.4 is 0 Å². The summed E-state index contributed by atoms with van der Waals surface area (Å²) in [5, 5.41) is 29.3. The number of aliphatic hydroxyl groups excluding tert-OH is 3. The number of aliphatic hydroxyl groups is 3. The van der Waals surface area contributed by atoms with Gasteiger partial charge in [0.1, 0.15) is 26.4 Å². The van der Waals surface area contributed by atoms with Gasteiger partial charge in [0.2, 0.25) is 0 Å². The smallest absolute Gasteiger partial charge is 0.149 e. The molecule has 0 aliphatic carbocycles. The zero-order valence-corrected chi connectivity index (χ0v) is 11.9. The lowest BCUT2D eigenvalue weighted by molar-refractivity contribution is -0.0857. The van der Waals surface area contributed by atoms with Crippen LogP contribution in [0.3, 0.4) is 0 Å². The van der Waals surface area contributed by atoms with Crippen molar-refractivity contribution in [3.8, 4) is 0 Å². The third-order valence-electron chi connectivity index (χ3n) is 3.33. The van der Waals surface area contributed by atoms with Gasteiger partial charge in [0.15, 0.2) is 0 Å². The molecule has 0 saturated carbocycles. The Hall–Kier alpha value is -0.363. The fourth-order valence-electron chi connectivity index (χ4n) is 2.02. The maximum atomic E-state index is 9.74. The fourth-order valence-corrected chi connectivity index (χ4v) is 4.59. The highest BCUT2D eigenvalue weighted by Gasteiger charge is 2.38. The van der Waals surface area contributed by atoms with Crippen molar-refractivity contribution >= 4 is 8.07 Å². The van der Waals surface area contributed by atoms with E-state index in [0.29, 0.717) is 0 Å². The number of unbranched alkanes of at least 4 members (excludes halogenated alkanes) is 1. The SMILES string of the molecule is CCCC[Si](C)(C)C1=C[C@@H](O)[C@H](O)[C@@H](CO)O1. The summed E-state index contributed by atoms with van der Waals surface area (Å²) in [5.41, 5.74) is 0. The van der Waals surface area contributed by atoms with Gasteiger partial charge in [-0.3, -0.25) is 0 Å². The van der Waals surface area contributed by atoms with Crippen molar-refractivity contribution in [3.05, 3.63) is 11.5 Å². The van der Waals surface area contributed by atoms with E-state index in [-0.39, 0.29) is 6.61 Å². The van der Waals surface area contributed by atoms with E-state index in [0.717, 1.165) is 24.3 Å². The predicted octanol–water partition coefficient (Wildman–Crippen LogP) is 1.03. The van der Waals surface area contributed by atoms with E-state index in [1.165, 1.54) is 0 Å². The summed E-state index contributed by atoms with van der Waals surface area (Å²) < 4.78 is 5.64. The summed E-state index contributed by atoms with van der Waals surface area (Å²) in [4.78, 5) is 0. The van der Waals surface area contributed by atoms with Crippen LogP contribution >= 0.6 is 0 Å². The molecule has 1 heterocycles. The maximum Gasteiger partial charge on any atom is 0.149 e. The van der Waals surface area contributed by atoms with Gasteiger partial charge >= 0.3 is 0 Å². The van der Waals surface area contributed by atoms with E-state index < -0.39 is 26.4 Å². The van der Waals surface area contributed by atoms with E-state index in [1.54, 1.807) is 6.08 Å². The Morgan fingerprint density at radius 2 is 2.00 bits per heavy atom. The van der Waals surface area contributed by atoms with E-state index in [4.69, 9.17) is 9.84 Å². The van der Waals surface area contributed by atoms with Gasteiger partial charge in [-0.1, -0.05) is 38.9 Å². The normalized spacial score (nSPS) is 29.8. The van der Waals surface area contributed by atoms with Gasteiger partial charge in [-0.05, 0) is 6.08 Å². The molecular weight excluding hydrogens is 236 g/mol. The molecule has 0 amide bonds. The van der Waals surface area contributed by atoms with E-state index in [2.05, 4.69) is 20.0 Å². The lowest BCUT2D eigenvalue weighted by Crippen LogP contribution is -2.47. The van der Waals surface area contributed by atoms with Gasteiger partial charge in [0.05, 0.1) is 12.0 Å². The minimum atomic E-state index is -1.70. The molecule has 4 nitrogen and oxygen atoms in total. The Balaban J connectivity index is 2.79. The highest BCUT2D eigenvalue weighted by Crippen LogP contribution is 2.29. The van der Waals surface area contributed by atoms with Gasteiger partial charge in [-0.2, -0.15) is 0 Å². The molecule has 3 atom stereocenters. The summed E-state index contributed by atoms with van der Waals surface area (Å²) in [7, 11) is -1.70. The van der Waals surface area contributed by atoms with Crippen molar-refractivity contribution < 1.29 is 20.1 Å². The zero-order chi connectivity index (χ0) is 13.1. The molecule has 1 aliphatic heterocycles. The van der Waals surface area contributed by atoms with Gasteiger partial charge in [0, 0.05) is 0 Å². The highest BCUT2D eigenvalue weighted by molar-refractivity contribution is 6.83. The second-order valence-electron chi connectivity index (χ2n) is 5.34. The van der Waals surface area contributed by atoms with Crippen molar-refractivity contribution in [2.75, 3.05) is 6.61 Å². The Kier molecular flexibility index (Phi) is 5.18. The molecule has 17 heavy (non-hydrogen) atoms. The summed E-state index contributed by atoms with van der Waals surface area (Å²) in [6.07, 6.45) is 1.25. The molecule has 5 heteroatoms.